The van der Waals surface area contributed by atoms with Gasteiger partial charge in [0, 0.05) is 12.4 Å². The smallest absolute Gasteiger partial charge is 0.314 e. The first kappa shape index (κ1) is 8.23. The van der Waals surface area contributed by atoms with Crippen LogP contribution < -0.4 is 0 Å². The van der Waals surface area contributed by atoms with Gasteiger partial charge < -0.3 is 5.11 Å². The van der Waals surface area contributed by atoms with Crippen molar-refractivity contribution in [1.29, 1.82) is 0 Å². The zero-order valence-electron chi connectivity index (χ0n) is 7.45. The fourth-order valence-corrected chi connectivity index (χ4v) is 1.57. The van der Waals surface area contributed by atoms with Gasteiger partial charge in [0.2, 0.25) is 0 Å². The van der Waals surface area contributed by atoms with E-state index >= 15 is 0 Å². The van der Waals surface area contributed by atoms with Crippen molar-refractivity contribution in [2.75, 3.05) is 0 Å². The molecular formula is C10H11NO2. The molecule has 1 aromatic heterocycles. The second-order valence-electron chi connectivity index (χ2n) is 3.64. The molecule has 3 nitrogen and oxygen atoms in total. The Balaban J connectivity index is 2.41. The second kappa shape index (κ2) is 2.55. The van der Waals surface area contributed by atoms with Crippen LogP contribution in [0, 0.1) is 6.92 Å². The molecule has 0 bridgehead atoms. The summed E-state index contributed by atoms with van der Waals surface area (Å²) in [4.78, 5) is 15.0. The van der Waals surface area contributed by atoms with Crippen LogP contribution in [0.25, 0.3) is 0 Å². The maximum Gasteiger partial charge on any atom is 0.314 e. The van der Waals surface area contributed by atoms with Gasteiger partial charge in [0.15, 0.2) is 0 Å². The largest absolute Gasteiger partial charge is 0.481 e. The van der Waals surface area contributed by atoms with E-state index < -0.39 is 11.4 Å². The Kier molecular flexibility index (Phi) is 1.62. The molecule has 13 heavy (non-hydrogen) atoms. The van der Waals surface area contributed by atoms with E-state index in [9.17, 15) is 4.79 Å². The molecule has 0 unspecified atom stereocenters. The number of pyridine rings is 1. The molecule has 0 amide bonds. The maximum atomic E-state index is 11.0. The topological polar surface area (TPSA) is 50.2 Å². The van der Waals surface area contributed by atoms with Crippen LogP contribution in [0.15, 0.2) is 18.5 Å². The number of carbonyl (C=O) groups is 1. The van der Waals surface area contributed by atoms with E-state index in [-0.39, 0.29) is 0 Å². The van der Waals surface area contributed by atoms with Crippen molar-refractivity contribution in [2.45, 2.75) is 25.2 Å². The van der Waals surface area contributed by atoms with Crippen LogP contribution in [0.2, 0.25) is 0 Å². The van der Waals surface area contributed by atoms with Gasteiger partial charge >= 0.3 is 5.97 Å². The molecular weight excluding hydrogens is 166 g/mol. The maximum absolute atomic E-state index is 11.0. The lowest BCUT2D eigenvalue weighted by atomic mass is 9.97. The Morgan fingerprint density at radius 3 is 2.69 bits per heavy atom. The number of carboxylic acid groups (broad SMARTS) is 1. The Labute approximate surface area is 76.4 Å². The molecule has 0 aliphatic heterocycles. The van der Waals surface area contributed by atoms with Crippen LogP contribution in [0.5, 0.6) is 0 Å². The first-order valence-corrected chi connectivity index (χ1v) is 4.31. The lowest BCUT2D eigenvalue weighted by Crippen LogP contribution is -2.19. The number of aliphatic carboxylic acids is 1. The van der Waals surface area contributed by atoms with Gasteiger partial charge in [-0.3, -0.25) is 9.78 Å². The van der Waals surface area contributed by atoms with Crippen LogP contribution in [-0.2, 0) is 10.2 Å². The predicted octanol–water partition coefficient (Wildman–Crippen LogP) is 1.51. The molecule has 0 aromatic carbocycles. The molecule has 1 N–H and O–H groups in total. The van der Waals surface area contributed by atoms with Crippen LogP contribution >= 0.6 is 0 Å². The summed E-state index contributed by atoms with van der Waals surface area (Å²) in [6.07, 6.45) is 4.89. The Morgan fingerprint density at radius 2 is 2.23 bits per heavy atom. The number of aromatic nitrogens is 1. The normalized spacial score (nSPS) is 18.2. The van der Waals surface area contributed by atoms with E-state index in [1.54, 1.807) is 12.4 Å². The number of aryl methyl sites for hydroxylation is 1. The van der Waals surface area contributed by atoms with Gasteiger partial charge in [-0.15, -0.1) is 0 Å². The fraction of sp³-hybridized carbons (Fsp3) is 0.400. The molecule has 1 fully saturated rings. The van der Waals surface area contributed by atoms with Crippen LogP contribution in [0.3, 0.4) is 0 Å². The van der Waals surface area contributed by atoms with E-state index in [4.69, 9.17) is 5.11 Å². The molecule has 1 aliphatic carbocycles. The highest BCUT2D eigenvalue weighted by atomic mass is 16.4. The van der Waals surface area contributed by atoms with Crippen molar-refractivity contribution in [3.05, 3.63) is 29.6 Å². The first-order valence-electron chi connectivity index (χ1n) is 4.31. The van der Waals surface area contributed by atoms with E-state index in [2.05, 4.69) is 4.98 Å². The molecule has 0 saturated heterocycles. The standard InChI is InChI=1S/C10H11NO2/c1-7-4-8(6-11-5-7)10(2-3-10)9(12)13/h4-6H,2-3H2,1H3,(H,12,13). The quantitative estimate of drug-likeness (QED) is 0.744. The fourth-order valence-electron chi connectivity index (χ4n) is 1.57. The molecule has 1 heterocycles. The van der Waals surface area contributed by atoms with Gasteiger partial charge in [-0.25, -0.2) is 0 Å². The number of hydrogen-bond acceptors (Lipinski definition) is 2. The summed E-state index contributed by atoms with van der Waals surface area (Å²) in [5.74, 6) is -0.722. The summed E-state index contributed by atoms with van der Waals surface area (Å²) < 4.78 is 0. The molecule has 0 radical (unpaired) electrons. The van der Waals surface area contributed by atoms with Gasteiger partial charge in [-0.1, -0.05) is 6.07 Å². The summed E-state index contributed by atoms with van der Waals surface area (Å²) in [7, 11) is 0. The summed E-state index contributed by atoms with van der Waals surface area (Å²) in [5, 5.41) is 9.02. The van der Waals surface area contributed by atoms with E-state index in [1.165, 1.54) is 0 Å². The minimum absolute atomic E-state index is 0.612. The van der Waals surface area contributed by atoms with E-state index in [0.29, 0.717) is 0 Å². The number of carboxylic acids is 1. The van der Waals surface area contributed by atoms with Crippen molar-refractivity contribution in [2.24, 2.45) is 0 Å². The zero-order chi connectivity index (χ0) is 9.47. The Bertz CT molecular complexity index is 356. The van der Waals surface area contributed by atoms with Crippen molar-refractivity contribution >= 4 is 5.97 Å². The van der Waals surface area contributed by atoms with Crippen molar-refractivity contribution < 1.29 is 9.90 Å². The SMILES string of the molecule is Cc1cncc(C2(C(=O)O)CC2)c1. The zero-order valence-corrected chi connectivity index (χ0v) is 7.45. The summed E-state index contributed by atoms with van der Waals surface area (Å²) in [6.45, 7) is 1.93. The van der Waals surface area contributed by atoms with Crippen molar-refractivity contribution in [1.82, 2.24) is 4.98 Å². The van der Waals surface area contributed by atoms with Crippen LogP contribution in [0.4, 0.5) is 0 Å². The highest BCUT2D eigenvalue weighted by Crippen LogP contribution is 2.48. The van der Waals surface area contributed by atoms with Gasteiger partial charge in [0.1, 0.15) is 0 Å². The highest BCUT2D eigenvalue weighted by Gasteiger charge is 2.51. The molecule has 3 heteroatoms. The van der Waals surface area contributed by atoms with Crippen LogP contribution in [0.1, 0.15) is 24.0 Å². The van der Waals surface area contributed by atoms with Crippen LogP contribution in [-0.4, -0.2) is 16.1 Å². The minimum Gasteiger partial charge on any atom is -0.481 e. The van der Waals surface area contributed by atoms with Gasteiger partial charge in [-0.2, -0.15) is 0 Å². The third-order valence-corrected chi connectivity index (χ3v) is 2.59. The molecule has 1 saturated carbocycles. The Morgan fingerprint density at radius 1 is 1.54 bits per heavy atom. The highest BCUT2D eigenvalue weighted by molar-refractivity contribution is 5.84. The average Bonchev–Trinajstić information content (AvgIpc) is 2.83. The van der Waals surface area contributed by atoms with Gasteiger partial charge in [-0.05, 0) is 30.9 Å². The monoisotopic (exact) mass is 177 g/mol. The first-order chi connectivity index (χ1) is 6.15. The van der Waals surface area contributed by atoms with Crippen molar-refractivity contribution in [3.8, 4) is 0 Å². The lowest BCUT2D eigenvalue weighted by Gasteiger charge is -2.09. The average molecular weight is 177 g/mol. The molecule has 1 aliphatic rings. The summed E-state index contributed by atoms with van der Waals surface area (Å²) >= 11 is 0. The Hall–Kier alpha value is -1.38. The third kappa shape index (κ3) is 1.20. The molecule has 68 valence electrons. The number of rotatable bonds is 2. The minimum atomic E-state index is -0.722. The molecule has 1 aromatic rings. The number of nitrogens with zero attached hydrogens (tertiary/aromatic N) is 1. The third-order valence-electron chi connectivity index (χ3n) is 2.59. The summed E-state index contributed by atoms with van der Waals surface area (Å²) in [5.41, 5.74) is 1.25. The number of hydrogen-bond donors (Lipinski definition) is 1. The van der Waals surface area contributed by atoms with Gasteiger partial charge in [0.05, 0.1) is 5.41 Å². The predicted molar refractivity (Wildman–Crippen MR) is 47.5 cm³/mol. The molecule has 0 atom stereocenters. The van der Waals surface area contributed by atoms with Gasteiger partial charge in [0.25, 0.3) is 0 Å². The lowest BCUT2D eigenvalue weighted by molar-refractivity contribution is -0.140. The summed E-state index contributed by atoms with van der Waals surface area (Å²) in [6, 6.07) is 1.91. The molecule has 2 rings (SSSR count). The second-order valence-corrected chi connectivity index (χ2v) is 3.64. The van der Waals surface area contributed by atoms with E-state index in [0.717, 1.165) is 24.0 Å². The van der Waals surface area contributed by atoms with E-state index in [1.807, 2.05) is 13.0 Å². The van der Waals surface area contributed by atoms with Crippen molar-refractivity contribution in [3.63, 3.8) is 0 Å². The molecule has 0 spiro atoms.